The number of amides is 1. The average molecular weight is 594 g/mol. The van der Waals surface area contributed by atoms with Crippen molar-refractivity contribution < 1.29 is 27.5 Å². The number of sulfonamides is 1. The molecule has 0 aliphatic heterocycles. The molecule has 0 heterocycles. The Hall–Kier alpha value is -3.62. The van der Waals surface area contributed by atoms with Crippen molar-refractivity contribution in [3.63, 3.8) is 0 Å². The van der Waals surface area contributed by atoms with E-state index >= 15 is 0 Å². The molecule has 0 N–H and O–H groups in total. The lowest BCUT2D eigenvalue weighted by Crippen LogP contribution is -2.39. The zero-order chi connectivity index (χ0) is 29.1. The Morgan fingerprint density at radius 3 is 2.15 bits per heavy atom. The predicted octanol–water partition coefficient (Wildman–Crippen LogP) is 6.58. The van der Waals surface area contributed by atoms with Crippen molar-refractivity contribution in [3.05, 3.63) is 101 Å². The summed E-state index contributed by atoms with van der Waals surface area (Å²) < 4.78 is 39.4. The van der Waals surface area contributed by atoms with Crippen molar-refractivity contribution in [1.29, 1.82) is 0 Å². The van der Waals surface area contributed by atoms with Crippen LogP contribution >= 0.6 is 11.6 Å². The normalized spacial score (nSPS) is 18.2. The summed E-state index contributed by atoms with van der Waals surface area (Å²) in [5, 5.41) is -0.353. The van der Waals surface area contributed by atoms with Crippen LogP contribution in [0.3, 0.4) is 0 Å². The van der Waals surface area contributed by atoms with Crippen LogP contribution in [0.25, 0.3) is 11.1 Å². The summed E-state index contributed by atoms with van der Waals surface area (Å²) in [7, 11) is -4.23. The van der Waals surface area contributed by atoms with Gasteiger partial charge in [0.15, 0.2) is 0 Å². The molecule has 0 saturated heterocycles. The highest BCUT2D eigenvalue weighted by Crippen LogP contribution is 2.44. The minimum atomic E-state index is -4.23. The molecular weight excluding hydrogens is 562 g/mol. The van der Waals surface area contributed by atoms with Crippen LogP contribution in [0.15, 0.2) is 89.3 Å². The quantitative estimate of drug-likeness (QED) is 0.166. The summed E-state index contributed by atoms with van der Waals surface area (Å²) in [6, 6.07) is 22.2. The molecule has 2 aliphatic carbocycles. The molecule has 0 radical (unpaired) electrons. The first-order valence-electron chi connectivity index (χ1n) is 13.6. The first-order valence-corrected chi connectivity index (χ1v) is 15.5. The SMILES string of the molecule is CC(=O)O[C@H]1C=C(CCN(C(=O)OCC2c3ccccc3-c3ccccc32)S(=O)(=O)c2ccc(C)cc2)[C@@H](Cl)CC1. The Labute approximate surface area is 245 Å². The van der Waals surface area contributed by atoms with Gasteiger partial charge in [-0.25, -0.2) is 17.5 Å². The maximum absolute atomic E-state index is 13.7. The van der Waals surface area contributed by atoms with Crippen LogP contribution in [0.2, 0.25) is 0 Å². The van der Waals surface area contributed by atoms with Gasteiger partial charge in [-0.15, -0.1) is 11.6 Å². The van der Waals surface area contributed by atoms with Gasteiger partial charge in [0.25, 0.3) is 10.0 Å². The van der Waals surface area contributed by atoms with E-state index < -0.39 is 28.2 Å². The Kier molecular flexibility index (Phi) is 8.52. The van der Waals surface area contributed by atoms with E-state index in [1.807, 2.05) is 55.5 Å². The van der Waals surface area contributed by atoms with E-state index in [1.165, 1.54) is 19.1 Å². The number of esters is 1. The highest BCUT2D eigenvalue weighted by molar-refractivity contribution is 7.89. The molecule has 5 rings (SSSR count). The van der Waals surface area contributed by atoms with E-state index in [0.717, 1.165) is 37.7 Å². The number of halogens is 1. The molecule has 0 unspecified atom stereocenters. The second-order valence-corrected chi connectivity index (χ2v) is 12.8. The number of aryl methyl sites for hydroxylation is 1. The van der Waals surface area contributed by atoms with Gasteiger partial charge in [0, 0.05) is 19.4 Å². The second-order valence-electron chi connectivity index (χ2n) is 10.4. The number of nitrogens with zero attached hydrogens (tertiary/aromatic N) is 1. The van der Waals surface area contributed by atoms with E-state index in [4.69, 9.17) is 21.1 Å². The Morgan fingerprint density at radius 1 is 0.927 bits per heavy atom. The number of rotatable bonds is 8. The third-order valence-corrected chi connectivity index (χ3v) is 9.85. The third kappa shape index (κ3) is 6.19. The number of hydrogen-bond donors (Lipinski definition) is 0. The molecule has 0 fully saturated rings. The molecule has 3 aromatic carbocycles. The van der Waals surface area contributed by atoms with Gasteiger partial charge in [-0.1, -0.05) is 71.8 Å². The number of ether oxygens (including phenoxy) is 2. The molecule has 0 bridgehead atoms. The highest BCUT2D eigenvalue weighted by atomic mass is 35.5. The number of fused-ring (bicyclic) bond motifs is 3. The van der Waals surface area contributed by atoms with E-state index in [-0.39, 0.29) is 35.8 Å². The molecule has 2 atom stereocenters. The van der Waals surface area contributed by atoms with Gasteiger partial charge in [-0.2, -0.15) is 0 Å². The molecule has 2 aliphatic rings. The number of carbonyl (C=O) groups excluding carboxylic acids is 2. The van der Waals surface area contributed by atoms with Crippen molar-refractivity contribution >= 4 is 33.7 Å². The fourth-order valence-corrected chi connectivity index (χ4v) is 7.14. The Balaban J connectivity index is 1.39. The molecule has 9 heteroatoms. The predicted molar refractivity (Wildman–Crippen MR) is 157 cm³/mol. The van der Waals surface area contributed by atoms with Gasteiger partial charge in [0.2, 0.25) is 0 Å². The van der Waals surface area contributed by atoms with Crippen LogP contribution in [0.1, 0.15) is 48.8 Å². The van der Waals surface area contributed by atoms with Gasteiger partial charge >= 0.3 is 12.1 Å². The molecular formula is C32H32ClNO6S. The smallest absolute Gasteiger partial charge is 0.423 e. The zero-order valence-electron chi connectivity index (χ0n) is 23.0. The van der Waals surface area contributed by atoms with E-state index in [2.05, 4.69) is 0 Å². The molecule has 0 saturated carbocycles. The topological polar surface area (TPSA) is 90.0 Å². The van der Waals surface area contributed by atoms with Crippen molar-refractivity contribution in [2.24, 2.45) is 0 Å². The van der Waals surface area contributed by atoms with Crippen molar-refractivity contribution in [2.45, 2.75) is 55.4 Å². The molecule has 3 aromatic rings. The summed E-state index contributed by atoms with van der Waals surface area (Å²) in [5.41, 5.74) is 5.83. The minimum Gasteiger partial charge on any atom is -0.458 e. The summed E-state index contributed by atoms with van der Waals surface area (Å²) in [6.45, 7) is 3.01. The number of carbonyl (C=O) groups is 2. The van der Waals surface area contributed by atoms with E-state index in [0.29, 0.717) is 12.8 Å². The standard InChI is InChI=1S/C32H32ClNO6S/c1-21-11-14-25(15-12-21)41(37,38)34(18-17-23-19-24(40-22(2)35)13-16-31(23)33)32(36)39-20-30-28-9-5-3-7-26(28)27-8-4-6-10-29(27)30/h3-12,14-15,19,24,30-31H,13,16-18,20H2,1-2H3/t24-,31+/m1/s1. The lowest BCUT2D eigenvalue weighted by molar-refractivity contribution is -0.144. The molecule has 214 valence electrons. The third-order valence-electron chi connectivity index (χ3n) is 7.58. The van der Waals surface area contributed by atoms with Crippen LogP contribution in [0.5, 0.6) is 0 Å². The fourth-order valence-electron chi connectivity index (χ4n) is 5.51. The van der Waals surface area contributed by atoms with E-state index in [1.54, 1.807) is 18.2 Å². The lowest BCUT2D eigenvalue weighted by Gasteiger charge is -2.27. The van der Waals surface area contributed by atoms with Gasteiger partial charge < -0.3 is 9.47 Å². The fraction of sp³-hybridized carbons (Fsp3) is 0.312. The maximum atomic E-state index is 13.7. The van der Waals surface area contributed by atoms with Gasteiger partial charge in [-0.05, 0) is 66.6 Å². The molecule has 0 aromatic heterocycles. The van der Waals surface area contributed by atoms with Crippen molar-refractivity contribution in [3.8, 4) is 11.1 Å². The summed E-state index contributed by atoms with van der Waals surface area (Å²) in [6.07, 6.45) is 1.70. The first kappa shape index (κ1) is 28.9. The number of benzene rings is 3. The van der Waals surface area contributed by atoms with Crippen LogP contribution in [-0.2, 0) is 24.3 Å². The van der Waals surface area contributed by atoms with Crippen LogP contribution in [0.4, 0.5) is 4.79 Å². The summed E-state index contributed by atoms with van der Waals surface area (Å²) in [4.78, 5) is 25.0. The van der Waals surface area contributed by atoms with Gasteiger partial charge in [0.05, 0.1) is 10.3 Å². The average Bonchev–Trinajstić information content (AvgIpc) is 3.27. The van der Waals surface area contributed by atoms with Crippen molar-refractivity contribution in [2.75, 3.05) is 13.2 Å². The maximum Gasteiger partial charge on any atom is 0.423 e. The van der Waals surface area contributed by atoms with E-state index in [9.17, 15) is 18.0 Å². The monoisotopic (exact) mass is 593 g/mol. The summed E-state index contributed by atoms with van der Waals surface area (Å²) >= 11 is 6.55. The van der Waals surface area contributed by atoms with Crippen LogP contribution in [-0.4, -0.2) is 49.4 Å². The Bertz CT molecular complexity index is 1540. The largest absolute Gasteiger partial charge is 0.458 e. The molecule has 0 spiro atoms. The number of hydrogen-bond acceptors (Lipinski definition) is 6. The summed E-state index contributed by atoms with van der Waals surface area (Å²) in [5.74, 6) is -0.617. The first-order chi connectivity index (χ1) is 19.6. The highest BCUT2D eigenvalue weighted by Gasteiger charge is 2.34. The lowest BCUT2D eigenvalue weighted by atomic mass is 9.94. The minimum absolute atomic E-state index is 0.00514. The molecule has 1 amide bonds. The Morgan fingerprint density at radius 2 is 1.54 bits per heavy atom. The molecule has 7 nitrogen and oxygen atoms in total. The van der Waals surface area contributed by atoms with Gasteiger partial charge in [-0.3, -0.25) is 4.79 Å². The zero-order valence-corrected chi connectivity index (χ0v) is 24.5. The van der Waals surface area contributed by atoms with Crippen LogP contribution < -0.4 is 0 Å². The van der Waals surface area contributed by atoms with Crippen LogP contribution in [0, 0.1) is 6.92 Å². The van der Waals surface area contributed by atoms with Gasteiger partial charge in [0.1, 0.15) is 12.7 Å². The molecule has 41 heavy (non-hydrogen) atoms. The second kappa shape index (κ2) is 12.1. The number of alkyl halides is 1. The van der Waals surface area contributed by atoms with Crippen molar-refractivity contribution in [1.82, 2.24) is 4.31 Å².